The number of ether oxygens (including phenoxy) is 1. The number of benzene rings is 4. The van der Waals surface area contributed by atoms with E-state index < -0.39 is 5.91 Å². The zero-order valence-electron chi connectivity index (χ0n) is 17.5. The standard InChI is InChI=1S/C27H20N2O4/c28-26(31)19-9-13-23(14-10-19)33-24-15-11-20(12-16-24)27(32)29-22-8-4-7-21(17-22)25(30)18-5-2-1-3-6-18/h1-17H,(H2,28,31)(H,29,32). The van der Waals surface area contributed by atoms with Crippen molar-refractivity contribution in [2.24, 2.45) is 5.73 Å². The smallest absolute Gasteiger partial charge is 0.255 e. The Morgan fingerprint density at radius 1 is 0.606 bits per heavy atom. The van der Waals surface area contributed by atoms with Crippen LogP contribution in [-0.2, 0) is 0 Å². The zero-order chi connectivity index (χ0) is 23.2. The van der Waals surface area contributed by atoms with Gasteiger partial charge in [-0.2, -0.15) is 0 Å². The first-order valence-electron chi connectivity index (χ1n) is 10.2. The van der Waals surface area contributed by atoms with Crippen LogP contribution >= 0.6 is 0 Å². The average molecular weight is 436 g/mol. The monoisotopic (exact) mass is 436 g/mol. The third-order valence-electron chi connectivity index (χ3n) is 4.91. The zero-order valence-corrected chi connectivity index (χ0v) is 17.5. The lowest BCUT2D eigenvalue weighted by atomic mass is 10.0. The molecule has 0 spiro atoms. The summed E-state index contributed by atoms with van der Waals surface area (Å²) < 4.78 is 5.73. The van der Waals surface area contributed by atoms with Crippen molar-refractivity contribution >= 4 is 23.3 Å². The number of carbonyl (C=O) groups is 3. The summed E-state index contributed by atoms with van der Waals surface area (Å²) in [5.41, 5.74) is 7.66. The molecule has 0 atom stereocenters. The van der Waals surface area contributed by atoms with Gasteiger partial charge in [-0.25, -0.2) is 0 Å². The van der Waals surface area contributed by atoms with Crippen LogP contribution in [0.3, 0.4) is 0 Å². The molecule has 0 unspecified atom stereocenters. The SMILES string of the molecule is NC(=O)c1ccc(Oc2ccc(C(=O)Nc3cccc(C(=O)c4ccccc4)c3)cc2)cc1. The molecule has 6 heteroatoms. The van der Waals surface area contributed by atoms with Gasteiger partial charge in [0.15, 0.2) is 5.78 Å². The summed E-state index contributed by atoms with van der Waals surface area (Å²) in [5, 5.41) is 2.82. The van der Waals surface area contributed by atoms with Crippen molar-refractivity contribution in [2.75, 3.05) is 5.32 Å². The summed E-state index contributed by atoms with van der Waals surface area (Å²) in [4.78, 5) is 36.4. The molecule has 0 aliphatic carbocycles. The third-order valence-corrected chi connectivity index (χ3v) is 4.91. The van der Waals surface area contributed by atoms with Gasteiger partial charge in [0.2, 0.25) is 5.91 Å². The Morgan fingerprint density at radius 2 is 1.18 bits per heavy atom. The molecule has 0 heterocycles. The highest BCUT2D eigenvalue weighted by molar-refractivity contribution is 6.10. The van der Waals surface area contributed by atoms with Gasteiger partial charge in [-0.1, -0.05) is 42.5 Å². The molecule has 0 saturated heterocycles. The normalized spacial score (nSPS) is 10.3. The summed E-state index contributed by atoms with van der Waals surface area (Å²) in [7, 11) is 0. The van der Waals surface area contributed by atoms with E-state index in [-0.39, 0.29) is 11.7 Å². The maximum atomic E-state index is 12.7. The summed E-state index contributed by atoms with van der Waals surface area (Å²) in [6, 6.07) is 28.9. The van der Waals surface area contributed by atoms with E-state index in [4.69, 9.17) is 10.5 Å². The second-order valence-corrected chi connectivity index (χ2v) is 7.25. The molecule has 2 amide bonds. The van der Waals surface area contributed by atoms with Gasteiger partial charge in [0.05, 0.1) is 0 Å². The van der Waals surface area contributed by atoms with Crippen LogP contribution in [0.4, 0.5) is 5.69 Å². The Kier molecular flexibility index (Phi) is 6.27. The van der Waals surface area contributed by atoms with E-state index in [0.29, 0.717) is 39.4 Å². The number of primary amides is 1. The molecule has 0 aliphatic rings. The summed E-state index contributed by atoms with van der Waals surface area (Å²) in [6.45, 7) is 0. The number of amides is 2. The first-order chi connectivity index (χ1) is 16.0. The number of hydrogen-bond acceptors (Lipinski definition) is 4. The summed E-state index contributed by atoms with van der Waals surface area (Å²) in [5.74, 6) is 0.145. The molecular formula is C27H20N2O4. The van der Waals surface area contributed by atoms with Gasteiger partial charge in [-0.3, -0.25) is 14.4 Å². The van der Waals surface area contributed by atoms with E-state index in [1.807, 2.05) is 18.2 Å². The first-order valence-corrected chi connectivity index (χ1v) is 10.2. The van der Waals surface area contributed by atoms with Crippen molar-refractivity contribution in [3.63, 3.8) is 0 Å². The largest absolute Gasteiger partial charge is 0.457 e. The van der Waals surface area contributed by atoms with E-state index >= 15 is 0 Å². The van der Waals surface area contributed by atoms with Crippen LogP contribution in [0.25, 0.3) is 0 Å². The molecule has 3 N–H and O–H groups in total. The highest BCUT2D eigenvalue weighted by atomic mass is 16.5. The highest BCUT2D eigenvalue weighted by Crippen LogP contribution is 2.23. The van der Waals surface area contributed by atoms with Crippen LogP contribution in [0.1, 0.15) is 36.6 Å². The van der Waals surface area contributed by atoms with E-state index in [0.717, 1.165) is 0 Å². The number of ketones is 1. The molecule has 0 radical (unpaired) electrons. The van der Waals surface area contributed by atoms with Gasteiger partial charge in [-0.05, 0) is 60.7 Å². The van der Waals surface area contributed by atoms with Crippen molar-refractivity contribution in [1.82, 2.24) is 0 Å². The maximum absolute atomic E-state index is 12.7. The van der Waals surface area contributed by atoms with Crippen LogP contribution < -0.4 is 15.8 Å². The van der Waals surface area contributed by atoms with Crippen LogP contribution in [0.15, 0.2) is 103 Å². The highest BCUT2D eigenvalue weighted by Gasteiger charge is 2.11. The quantitative estimate of drug-likeness (QED) is 0.396. The van der Waals surface area contributed by atoms with E-state index in [1.165, 1.54) is 0 Å². The number of nitrogens with one attached hydrogen (secondary N) is 1. The van der Waals surface area contributed by atoms with Crippen LogP contribution in [0.5, 0.6) is 11.5 Å². The Hall–Kier alpha value is -4.71. The minimum absolute atomic E-state index is 0.114. The topological polar surface area (TPSA) is 98.5 Å². The molecule has 0 aliphatic heterocycles. The number of hydrogen-bond donors (Lipinski definition) is 2. The fraction of sp³-hybridized carbons (Fsp3) is 0. The molecular weight excluding hydrogens is 416 g/mol. The lowest BCUT2D eigenvalue weighted by Gasteiger charge is -2.09. The van der Waals surface area contributed by atoms with Crippen LogP contribution in [0.2, 0.25) is 0 Å². The average Bonchev–Trinajstić information content (AvgIpc) is 2.85. The Bertz CT molecular complexity index is 1300. The summed E-state index contributed by atoms with van der Waals surface area (Å²) in [6.07, 6.45) is 0. The molecule has 0 aromatic heterocycles. The van der Waals surface area contributed by atoms with E-state index in [1.54, 1.807) is 84.9 Å². The van der Waals surface area contributed by atoms with Crippen molar-refractivity contribution < 1.29 is 19.1 Å². The number of rotatable bonds is 7. The van der Waals surface area contributed by atoms with Gasteiger partial charge in [0.1, 0.15) is 11.5 Å². The first kappa shape index (κ1) is 21.5. The minimum atomic E-state index is -0.508. The maximum Gasteiger partial charge on any atom is 0.255 e. The van der Waals surface area contributed by atoms with Crippen molar-refractivity contribution in [1.29, 1.82) is 0 Å². The van der Waals surface area contributed by atoms with Crippen molar-refractivity contribution in [2.45, 2.75) is 0 Å². The number of carbonyl (C=O) groups excluding carboxylic acids is 3. The molecule has 33 heavy (non-hydrogen) atoms. The lowest BCUT2D eigenvalue weighted by molar-refractivity contribution is 0.0997. The van der Waals surface area contributed by atoms with Crippen LogP contribution in [0, 0.1) is 0 Å². The molecule has 0 saturated carbocycles. The Labute approximate surface area is 190 Å². The predicted molar refractivity (Wildman–Crippen MR) is 126 cm³/mol. The number of anilines is 1. The fourth-order valence-electron chi connectivity index (χ4n) is 3.20. The molecule has 0 fully saturated rings. The molecule has 162 valence electrons. The second kappa shape index (κ2) is 9.62. The molecule has 0 bridgehead atoms. The van der Waals surface area contributed by atoms with E-state index in [2.05, 4.69) is 5.32 Å². The molecule has 6 nitrogen and oxygen atoms in total. The van der Waals surface area contributed by atoms with Crippen LogP contribution in [-0.4, -0.2) is 17.6 Å². The molecule has 4 rings (SSSR count). The predicted octanol–water partition coefficient (Wildman–Crippen LogP) is 5.06. The Morgan fingerprint density at radius 3 is 1.79 bits per heavy atom. The van der Waals surface area contributed by atoms with Gasteiger partial charge in [0, 0.05) is 27.9 Å². The van der Waals surface area contributed by atoms with Gasteiger partial charge < -0.3 is 15.8 Å². The Balaban J connectivity index is 1.41. The third kappa shape index (κ3) is 5.32. The number of nitrogens with two attached hydrogens (primary N) is 1. The molecule has 4 aromatic rings. The van der Waals surface area contributed by atoms with Crippen molar-refractivity contribution in [3.8, 4) is 11.5 Å². The minimum Gasteiger partial charge on any atom is -0.457 e. The van der Waals surface area contributed by atoms with Crippen molar-refractivity contribution in [3.05, 3.63) is 125 Å². The van der Waals surface area contributed by atoms with Gasteiger partial charge >= 0.3 is 0 Å². The van der Waals surface area contributed by atoms with Gasteiger partial charge in [-0.15, -0.1) is 0 Å². The van der Waals surface area contributed by atoms with E-state index in [9.17, 15) is 14.4 Å². The lowest BCUT2D eigenvalue weighted by Crippen LogP contribution is -2.12. The second-order valence-electron chi connectivity index (χ2n) is 7.25. The summed E-state index contributed by atoms with van der Waals surface area (Å²) >= 11 is 0. The molecule has 4 aromatic carbocycles. The fourth-order valence-corrected chi connectivity index (χ4v) is 3.20. The van der Waals surface area contributed by atoms with Gasteiger partial charge in [0.25, 0.3) is 5.91 Å².